The van der Waals surface area contributed by atoms with E-state index in [9.17, 15) is 8.78 Å². The van der Waals surface area contributed by atoms with Crippen molar-refractivity contribution in [2.24, 2.45) is 5.84 Å². The largest absolute Gasteiger partial charge is 0.271 e. The lowest BCUT2D eigenvalue weighted by molar-refractivity contribution is 0.403. The number of hydrogen-bond donors (Lipinski definition) is 2. The molecule has 0 amide bonds. The fourth-order valence-corrected chi connectivity index (χ4v) is 3.76. The summed E-state index contributed by atoms with van der Waals surface area (Å²) in [5.74, 6) is 5.72. The van der Waals surface area contributed by atoms with E-state index in [2.05, 4.69) is 5.43 Å². The molecule has 1 aromatic rings. The van der Waals surface area contributed by atoms with Crippen molar-refractivity contribution >= 4 is 11.8 Å². The van der Waals surface area contributed by atoms with Crippen molar-refractivity contribution in [2.75, 3.05) is 5.75 Å². The molecule has 1 aliphatic heterocycles. The van der Waals surface area contributed by atoms with Crippen molar-refractivity contribution in [3.8, 4) is 0 Å². The van der Waals surface area contributed by atoms with Gasteiger partial charge in [-0.2, -0.15) is 11.8 Å². The molecule has 2 unspecified atom stereocenters. The molecule has 1 aliphatic rings. The predicted octanol–water partition coefficient (Wildman–Crippen LogP) is 2.75. The van der Waals surface area contributed by atoms with Crippen LogP contribution in [0.1, 0.15) is 31.4 Å². The monoisotopic (exact) mass is 258 g/mol. The Labute approximate surface area is 104 Å². The van der Waals surface area contributed by atoms with E-state index in [0.717, 1.165) is 30.7 Å². The quantitative estimate of drug-likeness (QED) is 0.646. The van der Waals surface area contributed by atoms with Gasteiger partial charge in [-0.05, 0) is 43.7 Å². The lowest BCUT2D eigenvalue weighted by Crippen LogP contribution is -2.41. The number of benzene rings is 1. The third-order valence-corrected chi connectivity index (χ3v) is 4.89. The lowest BCUT2D eigenvalue weighted by Gasteiger charge is -2.33. The van der Waals surface area contributed by atoms with Crippen LogP contribution in [0.3, 0.4) is 0 Å². The van der Waals surface area contributed by atoms with Crippen LogP contribution in [0.4, 0.5) is 8.78 Å². The average Bonchev–Trinajstić information content (AvgIpc) is 2.72. The maximum absolute atomic E-state index is 13.8. The molecule has 1 heterocycles. The Morgan fingerprint density at radius 3 is 2.82 bits per heavy atom. The van der Waals surface area contributed by atoms with E-state index in [0.29, 0.717) is 5.56 Å². The second kappa shape index (κ2) is 4.92. The first kappa shape index (κ1) is 12.8. The predicted molar refractivity (Wildman–Crippen MR) is 66.5 cm³/mol. The summed E-state index contributed by atoms with van der Waals surface area (Å²) in [6.45, 7) is 2.04. The number of thioether (sulfide) groups is 1. The summed E-state index contributed by atoms with van der Waals surface area (Å²) in [7, 11) is 0. The van der Waals surface area contributed by atoms with Gasteiger partial charge in [0.15, 0.2) is 0 Å². The number of hydrazine groups is 1. The summed E-state index contributed by atoms with van der Waals surface area (Å²) in [5, 5.41) is 0. The molecule has 5 heteroatoms. The molecule has 1 saturated heterocycles. The van der Waals surface area contributed by atoms with Crippen LogP contribution in [0.2, 0.25) is 0 Å². The Morgan fingerprint density at radius 1 is 1.47 bits per heavy atom. The average molecular weight is 258 g/mol. The van der Waals surface area contributed by atoms with E-state index in [4.69, 9.17) is 5.84 Å². The molecule has 0 saturated carbocycles. The van der Waals surface area contributed by atoms with Crippen molar-refractivity contribution in [3.63, 3.8) is 0 Å². The van der Waals surface area contributed by atoms with Gasteiger partial charge >= 0.3 is 0 Å². The van der Waals surface area contributed by atoms with Crippen molar-refractivity contribution < 1.29 is 8.78 Å². The summed E-state index contributed by atoms with van der Waals surface area (Å²) < 4.78 is 26.8. The van der Waals surface area contributed by atoms with Gasteiger partial charge in [-0.1, -0.05) is 0 Å². The van der Waals surface area contributed by atoms with E-state index in [1.165, 1.54) is 6.07 Å². The van der Waals surface area contributed by atoms with Gasteiger partial charge in [-0.3, -0.25) is 11.3 Å². The van der Waals surface area contributed by atoms with Crippen LogP contribution in [0.5, 0.6) is 0 Å². The molecule has 0 radical (unpaired) electrons. The SMILES string of the molecule is CC1(C(NN)c2cc(F)ccc2F)CCCS1. The van der Waals surface area contributed by atoms with Gasteiger partial charge in [0, 0.05) is 10.3 Å². The summed E-state index contributed by atoms with van der Waals surface area (Å²) in [6.07, 6.45) is 2.03. The Kier molecular flexibility index (Phi) is 3.70. The standard InChI is InChI=1S/C12H16F2N2S/c1-12(5-2-6-17-12)11(16-15)9-7-8(13)3-4-10(9)14/h3-4,7,11,16H,2,5-6,15H2,1H3. The Morgan fingerprint density at radius 2 is 2.24 bits per heavy atom. The van der Waals surface area contributed by atoms with Crippen LogP contribution >= 0.6 is 11.8 Å². The van der Waals surface area contributed by atoms with Gasteiger partial charge in [-0.25, -0.2) is 8.78 Å². The van der Waals surface area contributed by atoms with Crippen LogP contribution in [-0.2, 0) is 0 Å². The third-order valence-electron chi connectivity index (χ3n) is 3.30. The highest BCUT2D eigenvalue weighted by Crippen LogP contribution is 2.46. The minimum absolute atomic E-state index is 0.177. The van der Waals surface area contributed by atoms with Gasteiger partial charge < -0.3 is 0 Å². The minimum Gasteiger partial charge on any atom is -0.271 e. The number of nitrogens with two attached hydrogens (primary N) is 1. The van der Waals surface area contributed by atoms with Crippen LogP contribution in [0, 0.1) is 11.6 Å². The number of rotatable bonds is 3. The molecule has 0 spiro atoms. The molecule has 0 aliphatic carbocycles. The van der Waals surface area contributed by atoms with Crippen LogP contribution in [0.15, 0.2) is 18.2 Å². The molecule has 2 rings (SSSR count). The van der Waals surface area contributed by atoms with Crippen molar-refractivity contribution in [3.05, 3.63) is 35.4 Å². The molecule has 2 nitrogen and oxygen atoms in total. The highest BCUT2D eigenvalue weighted by molar-refractivity contribution is 8.00. The van der Waals surface area contributed by atoms with Crippen molar-refractivity contribution in [1.29, 1.82) is 0 Å². The molecule has 94 valence electrons. The van der Waals surface area contributed by atoms with Gasteiger partial charge in [-0.15, -0.1) is 0 Å². The third kappa shape index (κ3) is 2.46. The zero-order valence-corrected chi connectivity index (χ0v) is 10.5. The Hall–Kier alpha value is -0.650. The van der Waals surface area contributed by atoms with Crippen molar-refractivity contribution in [1.82, 2.24) is 5.43 Å². The summed E-state index contributed by atoms with van der Waals surface area (Å²) in [5.41, 5.74) is 2.95. The second-order valence-corrected chi connectivity index (χ2v) is 6.16. The van der Waals surface area contributed by atoms with E-state index >= 15 is 0 Å². The Bertz CT molecular complexity index is 405. The normalized spacial score (nSPS) is 26.1. The summed E-state index contributed by atoms with van der Waals surface area (Å²) in [4.78, 5) is 0. The van der Waals surface area contributed by atoms with Crippen molar-refractivity contribution in [2.45, 2.75) is 30.6 Å². The molecule has 0 bridgehead atoms. The Balaban J connectivity index is 2.37. The van der Waals surface area contributed by atoms with Crippen LogP contribution in [0.25, 0.3) is 0 Å². The van der Waals surface area contributed by atoms with Crippen LogP contribution < -0.4 is 11.3 Å². The first-order valence-electron chi connectivity index (χ1n) is 5.62. The maximum Gasteiger partial charge on any atom is 0.128 e. The number of nitrogens with one attached hydrogen (secondary N) is 1. The zero-order chi connectivity index (χ0) is 12.5. The molecule has 1 fully saturated rings. The first-order valence-corrected chi connectivity index (χ1v) is 6.60. The van der Waals surface area contributed by atoms with E-state index in [-0.39, 0.29) is 10.8 Å². The number of hydrogen-bond acceptors (Lipinski definition) is 3. The van der Waals surface area contributed by atoms with E-state index in [1.807, 2.05) is 6.92 Å². The second-order valence-electron chi connectivity index (χ2n) is 4.53. The summed E-state index contributed by atoms with van der Waals surface area (Å²) >= 11 is 1.76. The number of halogens is 2. The topological polar surface area (TPSA) is 38.0 Å². The highest BCUT2D eigenvalue weighted by atomic mass is 32.2. The molecular formula is C12H16F2N2S. The van der Waals surface area contributed by atoms with Gasteiger partial charge in [0.2, 0.25) is 0 Å². The van der Waals surface area contributed by atoms with Crippen LogP contribution in [-0.4, -0.2) is 10.5 Å². The van der Waals surface area contributed by atoms with E-state index in [1.54, 1.807) is 11.8 Å². The van der Waals surface area contributed by atoms with Gasteiger partial charge in [0.05, 0.1) is 6.04 Å². The molecular weight excluding hydrogens is 242 g/mol. The smallest absolute Gasteiger partial charge is 0.128 e. The molecule has 0 aromatic heterocycles. The minimum atomic E-state index is -0.437. The first-order chi connectivity index (χ1) is 8.07. The molecule has 3 N–H and O–H groups in total. The fourth-order valence-electron chi connectivity index (χ4n) is 2.36. The maximum atomic E-state index is 13.8. The van der Waals surface area contributed by atoms with Gasteiger partial charge in [0.1, 0.15) is 11.6 Å². The van der Waals surface area contributed by atoms with E-state index < -0.39 is 11.6 Å². The van der Waals surface area contributed by atoms with Gasteiger partial charge in [0.25, 0.3) is 0 Å². The fraction of sp³-hybridized carbons (Fsp3) is 0.500. The zero-order valence-electron chi connectivity index (χ0n) is 9.67. The lowest BCUT2D eigenvalue weighted by atomic mass is 9.90. The molecule has 17 heavy (non-hydrogen) atoms. The summed E-state index contributed by atoms with van der Waals surface area (Å²) in [6, 6.07) is 3.13. The highest BCUT2D eigenvalue weighted by Gasteiger charge is 2.39. The molecule has 1 aromatic carbocycles. The molecule has 2 atom stereocenters.